The molecule has 5 nitrogen and oxygen atoms in total. The summed E-state index contributed by atoms with van der Waals surface area (Å²) >= 11 is 0. The van der Waals surface area contributed by atoms with Crippen LogP contribution < -0.4 is 10.6 Å². The van der Waals surface area contributed by atoms with E-state index in [4.69, 9.17) is 0 Å². The van der Waals surface area contributed by atoms with Crippen LogP contribution in [0.1, 0.15) is 181 Å². The summed E-state index contributed by atoms with van der Waals surface area (Å²) in [5, 5.41) is 27.5. The average molecular weight is 702 g/mol. The molecule has 0 saturated heterocycles. The first kappa shape index (κ1) is 48.8. The summed E-state index contributed by atoms with van der Waals surface area (Å²) in [6.07, 6.45) is 50.1. The van der Waals surface area contributed by atoms with Gasteiger partial charge in [-0.15, -0.1) is 0 Å². The smallest absolute Gasteiger partial charge is 0.0664 e. The second-order valence-corrected chi connectivity index (χ2v) is 14.8. The number of likely N-dealkylation sites (N-methyl/N-ethyl adjacent to an activating group) is 1. The first-order chi connectivity index (χ1) is 24.6. The van der Waals surface area contributed by atoms with E-state index >= 15 is 0 Å². The van der Waals surface area contributed by atoms with Crippen molar-refractivity contribution in [3.63, 3.8) is 0 Å². The maximum atomic E-state index is 10.3. The Labute approximate surface area is 312 Å². The predicted octanol–water partition coefficient (Wildman–Crippen LogP) is 11.2. The Balaban J connectivity index is 3.44. The monoisotopic (exact) mass is 702 g/mol. The average Bonchev–Trinajstić information content (AvgIpc) is 3.11. The van der Waals surface area contributed by atoms with E-state index in [-0.39, 0.29) is 12.2 Å². The van der Waals surface area contributed by atoms with Crippen LogP contribution in [0.5, 0.6) is 0 Å². The van der Waals surface area contributed by atoms with Crippen molar-refractivity contribution in [2.24, 2.45) is 0 Å². The van der Waals surface area contributed by atoms with Crippen molar-refractivity contribution in [3.05, 3.63) is 48.6 Å². The standard InChI is InChI=1S/C45H87N3O2/c1-4-6-8-10-12-14-16-18-20-22-24-26-28-30-32-34-36-44(49)42-46-38-40-48(3)41-39-47-43-45(50)37-35-33-31-29-27-25-23-21-19-17-15-13-11-9-7-5-2/h14-17,20-23,44-47,49-50H,4-13,18-19,24-43H2,1-3H3/b16-14-,17-15-,22-20-,23-21-. The van der Waals surface area contributed by atoms with Crippen LogP contribution in [0.2, 0.25) is 0 Å². The molecule has 0 aromatic heterocycles. The summed E-state index contributed by atoms with van der Waals surface area (Å²) in [5.41, 5.74) is 0. The van der Waals surface area contributed by atoms with E-state index in [0.717, 1.165) is 64.7 Å². The van der Waals surface area contributed by atoms with Crippen molar-refractivity contribution >= 4 is 0 Å². The lowest BCUT2D eigenvalue weighted by atomic mass is 10.1. The number of aliphatic hydroxyl groups is 2. The molecule has 0 radical (unpaired) electrons. The zero-order valence-electron chi connectivity index (χ0n) is 33.7. The Bertz CT molecular complexity index is 703. The highest BCUT2D eigenvalue weighted by Crippen LogP contribution is 2.11. The molecule has 0 amide bonds. The highest BCUT2D eigenvalue weighted by molar-refractivity contribution is 4.93. The van der Waals surface area contributed by atoms with Gasteiger partial charge in [0.2, 0.25) is 0 Å². The summed E-state index contributed by atoms with van der Waals surface area (Å²) in [6.45, 7) is 9.62. The van der Waals surface area contributed by atoms with Gasteiger partial charge < -0.3 is 25.7 Å². The molecule has 2 unspecified atom stereocenters. The highest BCUT2D eigenvalue weighted by Gasteiger charge is 2.06. The largest absolute Gasteiger partial charge is 0.392 e. The molecule has 0 bridgehead atoms. The minimum absolute atomic E-state index is 0.240. The van der Waals surface area contributed by atoms with E-state index in [1.165, 1.54) is 128 Å². The van der Waals surface area contributed by atoms with Crippen LogP contribution >= 0.6 is 0 Å². The summed E-state index contributed by atoms with van der Waals surface area (Å²) in [7, 11) is 2.14. The van der Waals surface area contributed by atoms with E-state index in [0.29, 0.717) is 13.1 Å². The molecular formula is C45H87N3O2. The molecule has 0 saturated carbocycles. The zero-order valence-corrected chi connectivity index (χ0v) is 33.7. The molecular weight excluding hydrogens is 615 g/mol. The van der Waals surface area contributed by atoms with Gasteiger partial charge in [-0.25, -0.2) is 0 Å². The minimum Gasteiger partial charge on any atom is -0.392 e. The number of hydrogen-bond acceptors (Lipinski definition) is 5. The van der Waals surface area contributed by atoms with Crippen molar-refractivity contribution < 1.29 is 10.2 Å². The molecule has 0 aromatic carbocycles. The Hall–Kier alpha value is -1.24. The van der Waals surface area contributed by atoms with Crippen molar-refractivity contribution in [3.8, 4) is 0 Å². The number of unbranched alkanes of at least 4 members (excludes halogenated alkanes) is 18. The summed E-state index contributed by atoms with van der Waals surface area (Å²) in [6, 6.07) is 0. The van der Waals surface area contributed by atoms with Gasteiger partial charge in [-0.05, 0) is 84.1 Å². The fraction of sp³-hybridized carbons (Fsp3) is 0.822. The Morgan fingerprint density at radius 3 is 1.12 bits per heavy atom. The normalized spacial score (nSPS) is 13.7. The molecule has 0 spiro atoms. The Kier molecular flexibility index (Phi) is 41.1. The molecule has 0 aliphatic rings. The first-order valence-corrected chi connectivity index (χ1v) is 21.7. The maximum Gasteiger partial charge on any atom is 0.0664 e. The Morgan fingerprint density at radius 1 is 0.440 bits per heavy atom. The van der Waals surface area contributed by atoms with Crippen LogP contribution in [-0.2, 0) is 0 Å². The fourth-order valence-corrected chi connectivity index (χ4v) is 6.13. The number of rotatable bonds is 40. The third-order valence-electron chi connectivity index (χ3n) is 9.58. The summed E-state index contributed by atoms with van der Waals surface area (Å²) in [4.78, 5) is 2.31. The number of nitrogens with zero attached hydrogens (tertiary/aromatic N) is 1. The molecule has 0 heterocycles. The maximum absolute atomic E-state index is 10.3. The lowest BCUT2D eigenvalue weighted by Crippen LogP contribution is -2.38. The van der Waals surface area contributed by atoms with Gasteiger partial charge in [-0.1, -0.05) is 152 Å². The topological polar surface area (TPSA) is 67.8 Å². The van der Waals surface area contributed by atoms with Crippen molar-refractivity contribution in [2.75, 3.05) is 46.3 Å². The number of aliphatic hydroxyl groups excluding tert-OH is 2. The fourth-order valence-electron chi connectivity index (χ4n) is 6.13. The van der Waals surface area contributed by atoms with Gasteiger partial charge in [0, 0.05) is 39.3 Å². The van der Waals surface area contributed by atoms with E-state index < -0.39 is 0 Å². The van der Waals surface area contributed by atoms with Crippen molar-refractivity contribution in [1.82, 2.24) is 15.5 Å². The third kappa shape index (κ3) is 41.2. The van der Waals surface area contributed by atoms with Crippen LogP contribution in [0.4, 0.5) is 0 Å². The molecule has 5 heteroatoms. The van der Waals surface area contributed by atoms with Gasteiger partial charge in [-0.3, -0.25) is 0 Å². The molecule has 2 atom stereocenters. The molecule has 294 valence electrons. The number of allylic oxidation sites excluding steroid dienone is 8. The number of nitrogens with one attached hydrogen (secondary N) is 2. The second kappa shape index (κ2) is 42.2. The first-order valence-electron chi connectivity index (χ1n) is 21.7. The minimum atomic E-state index is -0.240. The van der Waals surface area contributed by atoms with Crippen molar-refractivity contribution in [2.45, 2.75) is 193 Å². The van der Waals surface area contributed by atoms with Gasteiger partial charge in [0.15, 0.2) is 0 Å². The zero-order chi connectivity index (χ0) is 36.4. The van der Waals surface area contributed by atoms with Gasteiger partial charge in [-0.2, -0.15) is 0 Å². The molecule has 4 N–H and O–H groups in total. The molecule has 50 heavy (non-hydrogen) atoms. The highest BCUT2D eigenvalue weighted by atomic mass is 16.3. The van der Waals surface area contributed by atoms with Gasteiger partial charge in [0.25, 0.3) is 0 Å². The van der Waals surface area contributed by atoms with E-state index in [1.54, 1.807) is 0 Å². The van der Waals surface area contributed by atoms with Crippen LogP contribution in [-0.4, -0.2) is 73.6 Å². The SMILES string of the molecule is CCCCCC/C=C\C/C=C\CCCCCCCC(O)CNCCN(C)CCNCC(O)CCCCCCC/C=C\C/C=C\CCCCCC. The summed E-state index contributed by atoms with van der Waals surface area (Å²) in [5.74, 6) is 0. The van der Waals surface area contributed by atoms with Crippen LogP contribution in [0.3, 0.4) is 0 Å². The molecule has 0 aromatic rings. The van der Waals surface area contributed by atoms with Crippen LogP contribution in [0.15, 0.2) is 48.6 Å². The van der Waals surface area contributed by atoms with Crippen molar-refractivity contribution in [1.29, 1.82) is 0 Å². The lowest BCUT2D eigenvalue weighted by Gasteiger charge is -2.19. The molecule has 0 aliphatic carbocycles. The van der Waals surface area contributed by atoms with Gasteiger partial charge >= 0.3 is 0 Å². The van der Waals surface area contributed by atoms with Crippen LogP contribution in [0.25, 0.3) is 0 Å². The summed E-state index contributed by atoms with van der Waals surface area (Å²) < 4.78 is 0. The van der Waals surface area contributed by atoms with Gasteiger partial charge in [0.1, 0.15) is 0 Å². The lowest BCUT2D eigenvalue weighted by molar-refractivity contribution is 0.154. The van der Waals surface area contributed by atoms with E-state index in [9.17, 15) is 10.2 Å². The second-order valence-electron chi connectivity index (χ2n) is 14.8. The third-order valence-corrected chi connectivity index (χ3v) is 9.58. The molecule has 0 rings (SSSR count). The number of hydrogen-bond donors (Lipinski definition) is 4. The molecule has 0 fully saturated rings. The van der Waals surface area contributed by atoms with E-state index in [2.05, 4.69) is 85.0 Å². The van der Waals surface area contributed by atoms with E-state index in [1.807, 2.05) is 0 Å². The van der Waals surface area contributed by atoms with Crippen LogP contribution in [0, 0.1) is 0 Å². The molecule has 0 aliphatic heterocycles. The quantitative estimate of drug-likeness (QED) is 0.0378. The van der Waals surface area contributed by atoms with Gasteiger partial charge in [0.05, 0.1) is 12.2 Å². The Morgan fingerprint density at radius 2 is 0.760 bits per heavy atom. The predicted molar refractivity (Wildman–Crippen MR) is 223 cm³/mol.